The average molecular weight is 242 g/mol. The van der Waals surface area contributed by atoms with Gasteiger partial charge in [0.1, 0.15) is 0 Å². The lowest BCUT2D eigenvalue weighted by Gasteiger charge is -2.21. The molecule has 0 aliphatic rings. The monoisotopic (exact) mass is 242 g/mol. The van der Waals surface area contributed by atoms with E-state index in [1.807, 2.05) is 6.92 Å². The van der Waals surface area contributed by atoms with Crippen molar-refractivity contribution in [3.8, 4) is 5.75 Å². The van der Waals surface area contributed by atoms with E-state index in [1.54, 1.807) is 25.3 Å². The van der Waals surface area contributed by atoms with Gasteiger partial charge in [-0.25, -0.2) is 4.39 Å². The van der Waals surface area contributed by atoms with Gasteiger partial charge in [0, 0.05) is 12.7 Å². The molecule has 1 aromatic rings. The molecule has 0 heterocycles. The van der Waals surface area contributed by atoms with Crippen molar-refractivity contribution >= 4 is 0 Å². The highest BCUT2D eigenvalue weighted by Crippen LogP contribution is 2.27. The van der Waals surface area contributed by atoms with E-state index in [0.717, 1.165) is 0 Å². The predicted molar refractivity (Wildman–Crippen MR) is 64.1 cm³/mol. The number of hydrogen-bond acceptors (Lipinski definition) is 4. The van der Waals surface area contributed by atoms with Crippen LogP contribution in [0.2, 0.25) is 0 Å². The standard InChI is InChI=1S/C12H19FN2O2/c1-8(16-2)7-10(15-14)9-5-4-6-11(17-3)12(9)13/h4-6,8,10,15H,7,14H2,1-3H3. The Hall–Kier alpha value is -1.17. The second-order valence-electron chi connectivity index (χ2n) is 3.86. The number of nitrogens with one attached hydrogen (secondary N) is 1. The van der Waals surface area contributed by atoms with E-state index in [1.165, 1.54) is 7.11 Å². The zero-order valence-electron chi connectivity index (χ0n) is 10.4. The number of rotatable bonds is 6. The minimum Gasteiger partial charge on any atom is -0.494 e. The smallest absolute Gasteiger partial charge is 0.169 e. The molecule has 1 aromatic carbocycles. The molecule has 0 saturated carbocycles. The largest absolute Gasteiger partial charge is 0.494 e. The van der Waals surface area contributed by atoms with Crippen molar-refractivity contribution in [1.82, 2.24) is 5.43 Å². The van der Waals surface area contributed by atoms with Crippen LogP contribution in [0.15, 0.2) is 18.2 Å². The summed E-state index contributed by atoms with van der Waals surface area (Å²) in [7, 11) is 3.05. The number of halogens is 1. The highest BCUT2D eigenvalue weighted by atomic mass is 19.1. The van der Waals surface area contributed by atoms with Crippen molar-refractivity contribution < 1.29 is 13.9 Å². The van der Waals surface area contributed by atoms with Gasteiger partial charge in [-0.2, -0.15) is 0 Å². The van der Waals surface area contributed by atoms with Crippen LogP contribution in [0.1, 0.15) is 24.9 Å². The van der Waals surface area contributed by atoms with Gasteiger partial charge in [0.25, 0.3) is 0 Å². The lowest BCUT2D eigenvalue weighted by atomic mass is 10.0. The summed E-state index contributed by atoms with van der Waals surface area (Å²) in [5.41, 5.74) is 3.08. The van der Waals surface area contributed by atoms with E-state index in [4.69, 9.17) is 15.3 Å². The zero-order valence-corrected chi connectivity index (χ0v) is 10.4. The number of benzene rings is 1. The molecule has 0 spiro atoms. The highest BCUT2D eigenvalue weighted by molar-refractivity contribution is 5.33. The maximum atomic E-state index is 14.0. The zero-order chi connectivity index (χ0) is 12.8. The van der Waals surface area contributed by atoms with E-state index >= 15 is 0 Å². The summed E-state index contributed by atoms with van der Waals surface area (Å²) in [6.45, 7) is 1.91. The fourth-order valence-electron chi connectivity index (χ4n) is 1.67. The molecule has 2 atom stereocenters. The number of hydrazine groups is 1. The van der Waals surface area contributed by atoms with Crippen LogP contribution in [-0.4, -0.2) is 20.3 Å². The van der Waals surface area contributed by atoms with E-state index in [0.29, 0.717) is 12.0 Å². The first-order valence-corrected chi connectivity index (χ1v) is 5.45. The Morgan fingerprint density at radius 3 is 2.65 bits per heavy atom. The maximum Gasteiger partial charge on any atom is 0.169 e. The topological polar surface area (TPSA) is 56.5 Å². The van der Waals surface area contributed by atoms with Gasteiger partial charge in [0.05, 0.1) is 19.3 Å². The Bertz CT molecular complexity index is 360. The summed E-state index contributed by atoms with van der Waals surface area (Å²) in [4.78, 5) is 0. The molecule has 0 aliphatic carbocycles. The van der Waals surface area contributed by atoms with Crippen molar-refractivity contribution in [2.75, 3.05) is 14.2 Å². The molecular formula is C12H19FN2O2. The molecule has 4 nitrogen and oxygen atoms in total. The van der Waals surface area contributed by atoms with Crippen LogP contribution in [0.4, 0.5) is 4.39 Å². The third-order valence-corrected chi connectivity index (χ3v) is 2.76. The molecule has 1 rings (SSSR count). The number of nitrogens with two attached hydrogens (primary N) is 1. The Morgan fingerprint density at radius 1 is 1.41 bits per heavy atom. The Labute approximate surface area is 101 Å². The van der Waals surface area contributed by atoms with Gasteiger partial charge in [-0.1, -0.05) is 12.1 Å². The molecular weight excluding hydrogens is 223 g/mol. The predicted octanol–water partition coefficient (Wildman–Crippen LogP) is 1.76. The lowest BCUT2D eigenvalue weighted by molar-refractivity contribution is 0.0999. The summed E-state index contributed by atoms with van der Waals surface area (Å²) in [6, 6.07) is 4.69. The molecule has 0 radical (unpaired) electrons. The summed E-state index contributed by atoms with van der Waals surface area (Å²) < 4.78 is 24.1. The van der Waals surface area contributed by atoms with Gasteiger partial charge in [0.15, 0.2) is 11.6 Å². The molecule has 96 valence electrons. The molecule has 0 aromatic heterocycles. The van der Waals surface area contributed by atoms with E-state index < -0.39 is 0 Å². The van der Waals surface area contributed by atoms with Gasteiger partial charge < -0.3 is 9.47 Å². The average Bonchev–Trinajstić information content (AvgIpc) is 2.36. The second kappa shape index (κ2) is 6.54. The van der Waals surface area contributed by atoms with Crippen LogP contribution < -0.4 is 16.0 Å². The van der Waals surface area contributed by atoms with Crippen molar-refractivity contribution in [3.05, 3.63) is 29.6 Å². The molecule has 5 heteroatoms. The lowest BCUT2D eigenvalue weighted by Crippen LogP contribution is -2.31. The fourth-order valence-corrected chi connectivity index (χ4v) is 1.67. The van der Waals surface area contributed by atoms with Crippen LogP contribution in [0.5, 0.6) is 5.75 Å². The van der Waals surface area contributed by atoms with Crippen LogP contribution in [0.25, 0.3) is 0 Å². The Morgan fingerprint density at radius 2 is 2.12 bits per heavy atom. The molecule has 2 unspecified atom stereocenters. The van der Waals surface area contributed by atoms with E-state index in [2.05, 4.69) is 5.43 Å². The van der Waals surface area contributed by atoms with Crippen molar-refractivity contribution in [2.24, 2.45) is 5.84 Å². The van der Waals surface area contributed by atoms with Gasteiger partial charge >= 0.3 is 0 Å². The van der Waals surface area contributed by atoms with Crippen molar-refractivity contribution in [2.45, 2.75) is 25.5 Å². The summed E-state index contributed by atoms with van der Waals surface area (Å²) in [6.07, 6.45) is 0.568. The first-order valence-electron chi connectivity index (χ1n) is 5.45. The quantitative estimate of drug-likeness (QED) is 0.589. The normalized spacial score (nSPS) is 14.4. The van der Waals surface area contributed by atoms with Crippen molar-refractivity contribution in [1.29, 1.82) is 0 Å². The summed E-state index contributed by atoms with van der Waals surface area (Å²) >= 11 is 0. The summed E-state index contributed by atoms with van der Waals surface area (Å²) in [5.74, 6) is 5.28. The molecule has 0 saturated heterocycles. The number of methoxy groups -OCH3 is 2. The van der Waals surface area contributed by atoms with E-state index in [9.17, 15) is 4.39 Å². The van der Waals surface area contributed by atoms with Gasteiger partial charge in [-0.3, -0.25) is 11.3 Å². The number of hydrogen-bond donors (Lipinski definition) is 2. The Balaban J connectivity index is 2.95. The first-order chi connectivity index (χ1) is 8.13. The molecule has 3 N–H and O–H groups in total. The fraction of sp³-hybridized carbons (Fsp3) is 0.500. The van der Waals surface area contributed by atoms with Gasteiger partial charge in [-0.05, 0) is 19.4 Å². The van der Waals surface area contributed by atoms with Gasteiger partial charge in [-0.15, -0.1) is 0 Å². The molecule has 0 amide bonds. The molecule has 0 fully saturated rings. The second-order valence-corrected chi connectivity index (χ2v) is 3.86. The summed E-state index contributed by atoms with van der Waals surface area (Å²) in [5, 5.41) is 0. The highest BCUT2D eigenvalue weighted by Gasteiger charge is 2.19. The first kappa shape index (κ1) is 13.9. The van der Waals surface area contributed by atoms with Crippen LogP contribution >= 0.6 is 0 Å². The maximum absolute atomic E-state index is 14.0. The molecule has 0 aliphatic heterocycles. The van der Waals surface area contributed by atoms with Crippen LogP contribution in [-0.2, 0) is 4.74 Å². The Kier molecular flexibility index (Phi) is 5.34. The SMILES string of the molecule is COc1cccc(C(CC(C)OC)NN)c1F. The van der Waals surface area contributed by atoms with Gasteiger partial charge in [0.2, 0.25) is 0 Å². The number of ether oxygens (including phenoxy) is 2. The van der Waals surface area contributed by atoms with Crippen LogP contribution in [0, 0.1) is 5.82 Å². The van der Waals surface area contributed by atoms with E-state index in [-0.39, 0.29) is 23.7 Å². The third-order valence-electron chi connectivity index (χ3n) is 2.76. The van der Waals surface area contributed by atoms with Crippen LogP contribution in [0.3, 0.4) is 0 Å². The minimum absolute atomic E-state index is 0.0124. The minimum atomic E-state index is -0.388. The third kappa shape index (κ3) is 3.39. The molecule has 0 bridgehead atoms. The van der Waals surface area contributed by atoms with Crippen molar-refractivity contribution in [3.63, 3.8) is 0 Å². The molecule has 17 heavy (non-hydrogen) atoms.